The molecule has 0 aliphatic carbocycles. The quantitative estimate of drug-likeness (QED) is 0.653. The maximum absolute atomic E-state index is 12.3. The summed E-state index contributed by atoms with van der Waals surface area (Å²) in [5.41, 5.74) is 4.41. The van der Waals surface area contributed by atoms with Crippen LogP contribution in [0.2, 0.25) is 0 Å². The van der Waals surface area contributed by atoms with Gasteiger partial charge in [-0.2, -0.15) is 0 Å². The zero-order valence-electron chi connectivity index (χ0n) is 17.2. The summed E-state index contributed by atoms with van der Waals surface area (Å²) in [6, 6.07) is 13.6. The Morgan fingerprint density at radius 1 is 1.13 bits per heavy atom. The molecule has 9 nitrogen and oxygen atoms in total. The van der Waals surface area contributed by atoms with Gasteiger partial charge in [0.1, 0.15) is 5.75 Å². The fraction of sp³-hybridized carbons (Fsp3) is 0.273. The summed E-state index contributed by atoms with van der Waals surface area (Å²) in [6.07, 6.45) is -0.107. The molecule has 2 N–H and O–H groups in total. The molecule has 9 heteroatoms. The number of carbonyl (C=O) groups excluding carboxylic acids is 4. The Bertz CT molecular complexity index is 989. The third kappa shape index (κ3) is 5.81. The van der Waals surface area contributed by atoms with Crippen molar-refractivity contribution in [3.05, 3.63) is 59.7 Å². The van der Waals surface area contributed by atoms with E-state index >= 15 is 0 Å². The first kappa shape index (κ1) is 21.8. The van der Waals surface area contributed by atoms with Gasteiger partial charge in [-0.15, -0.1) is 0 Å². The number of rotatable bonds is 7. The van der Waals surface area contributed by atoms with Gasteiger partial charge < -0.3 is 14.8 Å². The fourth-order valence-electron chi connectivity index (χ4n) is 3.02. The van der Waals surface area contributed by atoms with Crippen LogP contribution in [-0.4, -0.2) is 49.0 Å². The molecular formula is C22H23N3O6. The van der Waals surface area contributed by atoms with E-state index in [4.69, 9.17) is 9.47 Å². The van der Waals surface area contributed by atoms with Crippen LogP contribution in [0.25, 0.3) is 0 Å². The number of nitrogens with zero attached hydrogens (tertiary/aromatic N) is 1. The number of amides is 3. The lowest BCUT2D eigenvalue weighted by atomic mass is 10.1. The average molecular weight is 425 g/mol. The molecule has 1 fully saturated rings. The van der Waals surface area contributed by atoms with Crippen LogP contribution in [0.5, 0.6) is 5.75 Å². The van der Waals surface area contributed by atoms with Gasteiger partial charge in [-0.05, 0) is 31.2 Å². The predicted molar refractivity (Wildman–Crippen MR) is 111 cm³/mol. The highest BCUT2D eigenvalue weighted by molar-refractivity contribution is 5.97. The number of hydrogen-bond donors (Lipinski definition) is 2. The van der Waals surface area contributed by atoms with Crippen molar-refractivity contribution in [2.24, 2.45) is 5.92 Å². The third-order valence-corrected chi connectivity index (χ3v) is 4.71. The number of benzene rings is 2. The maximum Gasteiger partial charge on any atom is 0.311 e. The van der Waals surface area contributed by atoms with Crippen molar-refractivity contribution in [3.8, 4) is 5.75 Å². The van der Waals surface area contributed by atoms with Gasteiger partial charge in [-0.1, -0.05) is 23.8 Å². The molecule has 162 valence electrons. The van der Waals surface area contributed by atoms with Gasteiger partial charge in [0.2, 0.25) is 5.91 Å². The molecular weight excluding hydrogens is 402 g/mol. The van der Waals surface area contributed by atoms with Crippen LogP contribution in [0.15, 0.2) is 48.5 Å². The molecule has 0 bridgehead atoms. The molecule has 2 aromatic rings. The molecule has 2 aromatic carbocycles. The van der Waals surface area contributed by atoms with Gasteiger partial charge in [0.15, 0.2) is 6.61 Å². The van der Waals surface area contributed by atoms with E-state index in [-0.39, 0.29) is 13.0 Å². The van der Waals surface area contributed by atoms with Crippen molar-refractivity contribution >= 4 is 29.4 Å². The van der Waals surface area contributed by atoms with Crippen LogP contribution in [0, 0.1) is 12.8 Å². The van der Waals surface area contributed by atoms with Crippen LogP contribution in [0.1, 0.15) is 22.3 Å². The van der Waals surface area contributed by atoms with Crippen molar-refractivity contribution in [2.75, 3.05) is 25.6 Å². The van der Waals surface area contributed by atoms with Crippen molar-refractivity contribution < 1.29 is 28.7 Å². The van der Waals surface area contributed by atoms with Gasteiger partial charge in [0.25, 0.3) is 11.8 Å². The van der Waals surface area contributed by atoms with Crippen molar-refractivity contribution in [3.63, 3.8) is 0 Å². The molecule has 31 heavy (non-hydrogen) atoms. The topological polar surface area (TPSA) is 114 Å². The van der Waals surface area contributed by atoms with Gasteiger partial charge in [0, 0.05) is 23.7 Å². The highest BCUT2D eigenvalue weighted by Gasteiger charge is 2.36. The molecule has 1 saturated heterocycles. The summed E-state index contributed by atoms with van der Waals surface area (Å²) >= 11 is 0. The van der Waals surface area contributed by atoms with Gasteiger partial charge in [-0.25, -0.2) is 0 Å². The molecule has 0 unspecified atom stereocenters. The normalized spacial score (nSPS) is 15.4. The van der Waals surface area contributed by atoms with E-state index in [1.165, 1.54) is 7.11 Å². The number of aryl methyl sites for hydroxylation is 1. The van der Waals surface area contributed by atoms with Crippen molar-refractivity contribution in [1.82, 2.24) is 10.4 Å². The number of carbonyl (C=O) groups is 4. The molecule has 3 rings (SSSR count). The number of hydrogen-bond acceptors (Lipinski definition) is 6. The Balaban J connectivity index is 1.47. The van der Waals surface area contributed by atoms with E-state index in [0.717, 1.165) is 10.6 Å². The van der Waals surface area contributed by atoms with Crippen molar-refractivity contribution in [1.29, 1.82) is 0 Å². The number of anilines is 1. The Hall–Kier alpha value is -3.88. The lowest BCUT2D eigenvalue weighted by Crippen LogP contribution is -2.43. The van der Waals surface area contributed by atoms with Gasteiger partial charge >= 0.3 is 5.97 Å². The molecule has 0 spiro atoms. The molecule has 1 heterocycles. The molecule has 0 aromatic heterocycles. The second-order valence-electron chi connectivity index (χ2n) is 7.10. The summed E-state index contributed by atoms with van der Waals surface area (Å²) in [6.45, 7) is 1.39. The summed E-state index contributed by atoms with van der Waals surface area (Å²) in [5, 5.41) is 3.70. The molecule has 1 aliphatic heterocycles. The summed E-state index contributed by atoms with van der Waals surface area (Å²) < 4.78 is 10.1. The summed E-state index contributed by atoms with van der Waals surface area (Å²) in [4.78, 5) is 48.7. The largest absolute Gasteiger partial charge is 0.497 e. The van der Waals surface area contributed by atoms with Gasteiger partial charge in [-0.3, -0.25) is 29.6 Å². The minimum atomic E-state index is -0.768. The third-order valence-electron chi connectivity index (χ3n) is 4.71. The standard InChI is InChI=1S/C22H23N3O6/c1-14-6-8-15(9-7-14)21(28)24-25-12-16(10-20(25)27)22(29)31-13-19(26)23-17-4-3-5-18(11-17)30-2/h3-9,11,16H,10,12-13H2,1-2H3,(H,23,26)(H,24,28)/t16-/m0/s1. The van der Waals surface area contributed by atoms with E-state index < -0.39 is 36.2 Å². The highest BCUT2D eigenvalue weighted by atomic mass is 16.5. The number of esters is 1. The first-order valence-corrected chi connectivity index (χ1v) is 9.64. The molecule has 3 amide bonds. The van der Waals surface area contributed by atoms with Gasteiger partial charge in [0.05, 0.1) is 19.6 Å². The minimum Gasteiger partial charge on any atom is -0.497 e. The fourth-order valence-corrected chi connectivity index (χ4v) is 3.02. The van der Waals surface area contributed by atoms with Crippen LogP contribution in [0.4, 0.5) is 5.69 Å². The second-order valence-corrected chi connectivity index (χ2v) is 7.10. The minimum absolute atomic E-state index is 0.0211. The molecule has 1 aliphatic rings. The van der Waals surface area contributed by atoms with E-state index in [0.29, 0.717) is 17.0 Å². The lowest BCUT2D eigenvalue weighted by Gasteiger charge is -2.17. The first-order chi connectivity index (χ1) is 14.9. The monoisotopic (exact) mass is 425 g/mol. The summed E-state index contributed by atoms with van der Waals surface area (Å²) in [7, 11) is 1.51. The smallest absolute Gasteiger partial charge is 0.311 e. The molecule has 0 saturated carbocycles. The van der Waals surface area contributed by atoms with Crippen LogP contribution < -0.4 is 15.5 Å². The van der Waals surface area contributed by atoms with Crippen LogP contribution >= 0.6 is 0 Å². The van der Waals surface area contributed by atoms with E-state index in [1.807, 2.05) is 6.92 Å². The van der Waals surface area contributed by atoms with Crippen LogP contribution in [0.3, 0.4) is 0 Å². The zero-order valence-corrected chi connectivity index (χ0v) is 17.2. The number of nitrogens with one attached hydrogen (secondary N) is 2. The number of methoxy groups -OCH3 is 1. The zero-order chi connectivity index (χ0) is 22.4. The Morgan fingerprint density at radius 2 is 1.87 bits per heavy atom. The van der Waals surface area contributed by atoms with E-state index in [9.17, 15) is 19.2 Å². The number of ether oxygens (including phenoxy) is 2. The van der Waals surface area contributed by atoms with E-state index in [1.54, 1.807) is 48.5 Å². The Labute approximate surface area is 179 Å². The van der Waals surface area contributed by atoms with E-state index in [2.05, 4.69) is 10.7 Å². The van der Waals surface area contributed by atoms with Crippen molar-refractivity contribution in [2.45, 2.75) is 13.3 Å². The second kappa shape index (κ2) is 9.75. The first-order valence-electron chi connectivity index (χ1n) is 9.64. The summed E-state index contributed by atoms with van der Waals surface area (Å²) in [5.74, 6) is -2.23. The lowest BCUT2D eigenvalue weighted by molar-refractivity contribution is -0.151. The molecule has 0 radical (unpaired) electrons. The Morgan fingerprint density at radius 3 is 2.58 bits per heavy atom. The maximum atomic E-state index is 12.3. The van der Waals surface area contributed by atoms with Crippen LogP contribution in [-0.2, 0) is 19.1 Å². The average Bonchev–Trinajstić information content (AvgIpc) is 3.12. The predicted octanol–water partition coefficient (Wildman–Crippen LogP) is 1.68. The Kier molecular flexibility index (Phi) is 6.86. The molecule has 1 atom stereocenters. The SMILES string of the molecule is COc1cccc(NC(=O)COC(=O)[C@H]2CC(=O)N(NC(=O)c3ccc(C)cc3)C2)c1. The highest BCUT2D eigenvalue weighted by Crippen LogP contribution is 2.19. The number of hydrazine groups is 1.